The molecule has 0 aliphatic carbocycles. The van der Waals surface area contributed by atoms with Gasteiger partial charge in [-0.15, -0.1) is 0 Å². The van der Waals surface area contributed by atoms with E-state index in [0.717, 1.165) is 28.0 Å². The zero-order valence-electron chi connectivity index (χ0n) is 19.9. The molecule has 12 heteroatoms. The summed E-state index contributed by atoms with van der Waals surface area (Å²) in [7, 11) is -1.70. The molecular weight excluding hydrogens is 502 g/mol. The molecule has 0 saturated carbocycles. The van der Waals surface area contributed by atoms with E-state index in [9.17, 15) is 13.2 Å². The molecule has 4 rings (SSSR count). The largest absolute Gasteiger partial charge is 0.395 e. The van der Waals surface area contributed by atoms with Crippen LogP contribution in [0.25, 0.3) is 11.1 Å². The number of aliphatic hydroxyl groups is 1. The number of benzene rings is 2. The van der Waals surface area contributed by atoms with Gasteiger partial charge in [-0.25, -0.2) is 18.9 Å². The maximum absolute atomic E-state index is 13.2. The zero-order chi connectivity index (χ0) is 25.7. The average Bonchev–Trinajstić information content (AvgIpc) is 3.39. The van der Waals surface area contributed by atoms with E-state index in [1.807, 2.05) is 47.2 Å². The number of likely N-dealkylation sites (N-methyl/N-ethyl adjacent to an activating group) is 1. The van der Waals surface area contributed by atoms with E-state index in [0.29, 0.717) is 44.4 Å². The highest BCUT2D eigenvalue weighted by atomic mass is 32.2. The number of carbonyl (C=O) groups excluding carboxylic acids is 1. The normalized spacial score (nSPS) is 14.8. The summed E-state index contributed by atoms with van der Waals surface area (Å²) in [5.41, 5.74) is 4.63. The number of thiazole rings is 1. The molecule has 1 aliphatic heterocycles. The van der Waals surface area contributed by atoms with Gasteiger partial charge in [-0.05, 0) is 41.9 Å². The Morgan fingerprint density at radius 2 is 1.83 bits per heavy atom. The van der Waals surface area contributed by atoms with E-state index in [-0.39, 0.29) is 16.4 Å². The van der Waals surface area contributed by atoms with Crippen LogP contribution in [0.1, 0.15) is 15.2 Å². The summed E-state index contributed by atoms with van der Waals surface area (Å²) in [6.07, 6.45) is 1.39. The van der Waals surface area contributed by atoms with Crippen LogP contribution in [0.3, 0.4) is 0 Å². The third-order valence-electron chi connectivity index (χ3n) is 6.01. The molecule has 0 radical (unpaired) electrons. The Morgan fingerprint density at radius 3 is 2.50 bits per heavy atom. The highest BCUT2D eigenvalue weighted by Crippen LogP contribution is 2.27. The zero-order valence-corrected chi connectivity index (χ0v) is 21.5. The molecule has 10 nitrogen and oxygen atoms in total. The minimum Gasteiger partial charge on any atom is -0.395 e. The fourth-order valence-electron chi connectivity index (χ4n) is 4.07. The van der Waals surface area contributed by atoms with Crippen LogP contribution in [0.5, 0.6) is 0 Å². The number of carbonyl (C=O) groups is 1. The maximum atomic E-state index is 13.2. The Morgan fingerprint density at radius 1 is 1.11 bits per heavy atom. The van der Waals surface area contributed by atoms with Gasteiger partial charge in [-0.2, -0.15) is 4.31 Å². The molecule has 1 aliphatic rings. The van der Waals surface area contributed by atoms with Crippen molar-refractivity contribution in [2.75, 3.05) is 51.3 Å². The van der Waals surface area contributed by atoms with Gasteiger partial charge in [-0.3, -0.25) is 14.9 Å². The van der Waals surface area contributed by atoms with Crippen LogP contribution in [0.2, 0.25) is 0 Å². The number of hydrogen-bond donors (Lipinski definition) is 3. The first-order valence-corrected chi connectivity index (χ1v) is 13.7. The third kappa shape index (κ3) is 5.91. The molecule has 192 valence electrons. The standard InChI is InChI=1S/C24H29N5O5S2/c1-27(13-14-30)17-18-3-2-4-20(15-18)19-5-7-21(8-6-19)36(33,34)29-11-9-28(10-12-29)24-25-16-22(35-24)23(31)26-32/h2-8,15-16,30,32H,9-14,17H2,1H3,(H,26,31). The maximum Gasteiger partial charge on any atom is 0.286 e. The number of sulfonamides is 1. The molecule has 3 aromatic rings. The lowest BCUT2D eigenvalue weighted by molar-refractivity contribution is 0.0710. The molecule has 1 saturated heterocycles. The second-order valence-corrected chi connectivity index (χ2v) is 11.5. The molecule has 0 atom stereocenters. The Hall–Kier alpha value is -2.87. The van der Waals surface area contributed by atoms with E-state index in [4.69, 9.17) is 10.3 Å². The van der Waals surface area contributed by atoms with Crippen molar-refractivity contribution < 1.29 is 23.5 Å². The topological polar surface area (TPSA) is 126 Å². The van der Waals surface area contributed by atoms with Crippen LogP contribution >= 0.6 is 11.3 Å². The number of piperazine rings is 1. The number of nitrogens with one attached hydrogen (secondary N) is 1. The number of nitrogens with zero attached hydrogens (tertiary/aromatic N) is 4. The number of amides is 1. The highest BCUT2D eigenvalue weighted by molar-refractivity contribution is 7.89. The Balaban J connectivity index is 1.41. The van der Waals surface area contributed by atoms with Gasteiger partial charge in [-0.1, -0.05) is 41.7 Å². The fraction of sp³-hybridized carbons (Fsp3) is 0.333. The number of aliphatic hydroxyl groups excluding tert-OH is 1. The minimum absolute atomic E-state index is 0.108. The number of rotatable bonds is 9. The second-order valence-electron chi connectivity index (χ2n) is 8.53. The lowest BCUT2D eigenvalue weighted by Crippen LogP contribution is -2.48. The van der Waals surface area contributed by atoms with Gasteiger partial charge >= 0.3 is 0 Å². The van der Waals surface area contributed by atoms with E-state index < -0.39 is 15.9 Å². The number of aromatic nitrogens is 1. The van der Waals surface area contributed by atoms with Gasteiger partial charge in [0.15, 0.2) is 5.13 Å². The van der Waals surface area contributed by atoms with Crippen molar-refractivity contribution in [2.24, 2.45) is 0 Å². The molecule has 1 fully saturated rings. The van der Waals surface area contributed by atoms with Crippen molar-refractivity contribution in [3.05, 3.63) is 65.2 Å². The van der Waals surface area contributed by atoms with Crippen molar-refractivity contribution in [3.63, 3.8) is 0 Å². The van der Waals surface area contributed by atoms with Crippen LogP contribution in [0.4, 0.5) is 5.13 Å². The van der Waals surface area contributed by atoms with E-state index in [2.05, 4.69) is 11.1 Å². The van der Waals surface area contributed by atoms with E-state index in [1.165, 1.54) is 10.5 Å². The summed E-state index contributed by atoms with van der Waals surface area (Å²) in [5, 5.41) is 18.5. The van der Waals surface area contributed by atoms with Gasteiger partial charge in [0, 0.05) is 39.3 Å². The molecular formula is C24H29N5O5S2. The first kappa shape index (κ1) is 26.2. The van der Waals surface area contributed by atoms with Crippen molar-refractivity contribution in [2.45, 2.75) is 11.4 Å². The molecule has 1 aromatic heterocycles. The van der Waals surface area contributed by atoms with Crippen LogP contribution < -0.4 is 10.4 Å². The predicted octanol–water partition coefficient (Wildman–Crippen LogP) is 1.86. The molecule has 36 heavy (non-hydrogen) atoms. The molecule has 0 unspecified atom stereocenters. The van der Waals surface area contributed by atoms with Crippen LogP contribution in [-0.4, -0.2) is 85.2 Å². The number of anilines is 1. The third-order valence-corrected chi connectivity index (χ3v) is 8.98. The SMILES string of the molecule is CN(CCO)Cc1cccc(-c2ccc(S(=O)(=O)N3CCN(c4ncc(C(=O)NO)s4)CC3)cc2)c1. The fourth-order valence-corrected chi connectivity index (χ4v) is 6.35. The van der Waals surface area contributed by atoms with E-state index >= 15 is 0 Å². The summed E-state index contributed by atoms with van der Waals surface area (Å²) >= 11 is 1.14. The molecule has 2 aromatic carbocycles. The van der Waals surface area contributed by atoms with Crippen molar-refractivity contribution in [3.8, 4) is 11.1 Å². The summed E-state index contributed by atoms with van der Waals surface area (Å²) in [4.78, 5) is 20.2. The molecule has 0 bridgehead atoms. The van der Waals surface area contributed by atoms with Gasteiger partial charge in [0.2, 0.25) is 10.0 Å². The smallest absolute Gasteiger partial charge is 0.286 e. The van der Waals surface area contributed by atoms with Gasteiger partial charge in [0.1, 0.15) is 4.88 Å². The Bertz CT molecular complexity index is 1290. The minimum atomic E-state index is -3.65. The molecule has 0 spiro atoms. The van der Waals surface area contributed by atoms with E-state index in [1.54, 1.807) is 17.6 Å². The van der Waals surface area contributed by atoms with Crippen molar-refractivity contribution in [1.82, 2.24) is 19.7 Å². The first-order chi connectivity index (χ1) is 17.3. The molecule has 1 amide bonds. The summed E-state index contributed by atoms with van der Waals surface area (Å²) in [6.45, 7) is 2.91. The lowest BCUT2D eigenvalue weighted by Gasteiger charge is -2.33. The first-order valence-electron chi connectivity index (χ1n) is 11.5. The quantitative estimate of drug-likeness (QED) is 0.282. The average molecular weight is 532 g/mol. The number of hydrogen-bond acceptors (Lipinski definition) is 9. The monoisotopic (exact) mass is 531 g/mol. The second kappa shape index (κ2) is 11.5. The van der Waals surface area contributed by atoms with Gasteiger partial charge in [0.05, 0.1) is 17.7 Å². The highest BCUT2D eigenvalue weighted by Gasteiger charge is 2.29. The predicted molar refractivity (Wildman–Crippen MR) is 138 cm³/mol. The molecule has 2 heterocycles. The summed E-state index contributed by atoms with van der Waals surface area (Å²) in [5.74, 6) is -0.621. The molecule has 3 N–H and O–H groups in total. The van der Waals surface area contributed by atoms with Gasteiger partial charge < -0.3 is 10.0 Å². The van der Waals surface area contributed by atoms with Crippen LogP contribution in [-0.2, 0) is 16.6 Å². The Kier molecular flexibility index (Phi) is 8.34. The number of hydroxylamine groups is 1. The Labute approximate surface area is 214 Å². The van der Waals surface area contributed by atoms with Crippen molar-refractivity contribution in [1.29, 1.82) is 0 Å². The van der Waals surface area contributed by atoms with Crippen LogP contribution in [0, 0.1) is 0 Å². The lowest BCUT2D eigenvalue weighted by atomic mass is 10.0. The van der Waals surface area contributed by atoms with Crippen molar-refractivity contribution >= 4 is 32.4 Å². The summed E-state index contributed by atoms with van der Waals surface area (Å²) in [6, 6.07) is 15.0. The van der Waals surface area contributed by atoms with Gasteiger partial charge in [0.25, 0.3) is 5.91 Å². The van der Waals surface area contributed by atoms with Crippen LogP contribution in [0.15, 0.2) is 59.6 Å². The summed E-state index contributed by atoms with van der Waals surface area (Å²) < 4.78 is 27.9.